The van der Waals surface area contributed by atoms with Gasteiger partial charge in [-0.3, -0.25) is 4.79 Å². The van der Waals surface area contributed by atoms with Crippen molar-refractivity contribution in [3.8, 4) is 0 Å². The molecule has 1 fully saturated rings. The Balaban J connectivity index is 1.90. The van der Waals surface area contributed by atoms with E-state index in [0.29, 0.717) is 43.5 Å². The average Bonchev–Trinajstić information content (AvgIpc) is 2.65. The molecule has 1 saturated heterocycles. The summed E-state index contributed by atoms with van der Waals surface area (Å²) in [5, 5.41) is 5.57. The lowest BCUT2D eigenvalue weighted by Crippen LogP contribution is -2.36. The molecule has 2 heterocycles. The molecule has 0 spiro atoms. The van der Waals surface area contributed by atoms with Gasteiger partial charge in [0.1, 0.15) is 5.82 Å². The van der Waals surface area contributed by atoms with Crippen molar-refractivity contribution in [1.29, 1.82) is 0 Å². The van der Waals surface area contributed by atoms with E-state index >= 15 is 0 Å². The van der Waals surface area contributed by atoms with Gasteiger partial charge in [0.15, 0.2) is 5.82 Å². The topological polar surface area (TPSA) is 79.4 Å². The highest BCUT2D eigenvalue weighted by atomic mass is 35.5. The maximum atomic E-state index is 14.2. The number of ether oxygens (including phenoxy) is 1. The normalized spacial score (nSPS) is 14.0. The summed E-state index contributed by atoms with van der Waals surface area (Å²) >= 11 is 5.91. The number of carbonyl (C=O) groups is 1. The summed E-state index contributed by atoms with van der Waals surface area (Å²) in [6.45, 7) is 5.88. The minimum absolute atomic E-state index is 0.0426. The van der Waals surface area contributed by atoms with E-state index in [2.05, 4.69) is 27.2 Å². The third kappa shape index (κ3) is 4.27. The number of halogens is 2. The molecule has 1 amide bonds. The van der Waals surface area contributed by atoms with Crippen LogP contribution in [0.3, 0.4) is 0 Å². The van der Waals surface area contributed by atoms with Crippen molar-refractivity contribution in [3.63, 3.8) is 0 Å². The summed E-state index contributed by atoms with van der Waals surface area (Å²) in [6, 6.07) is 4.17. The largest absolute Gasteiger partial charge is 0.378 e. The van der Waals surface area contributed by atoms with Crippen LogP contribution in [0.1, 0.15) is 0 Å². The highest BCUT2D eigenvalue weighted by molar-refractivity contribution is 6.28. The summed E-state index contributed by atoms with van der Waals surface area (Å²) in [4.78, 5) is 21.7. The zero-order chi connectivity index (χ0) is 18.5. The molecular formula is C17H17ClFN5O2. The van der Waals surface area contributed by atoms with Crippen molar-refractivity contribution >= 4 is 40.4 Å². The molecule has 1 aliphatic rings. The number of benzene rings is 1. The molecule has 1 aromatic carbocycles. The summed E-state index contributed by atoms with van der Waals surface area (Å²) in [5.41, 5.74) is 1.26. The van der Waals surface area contributed by atoms with Crippen LogP contribution >= 0.6 is 11.6 Å². The predicted octanol–water partition coefficient (Wildman–Crippen LogP) is 2.97. The van der Waals surface area contributed by atoms with Crippen molar-refractivity contribution in [2.24, 2.45) is 0 Å². The molecule has 26 heavy (non-hydrogen) atoms. The molecular weight excluding hydrogens is 361 g/mol. The number of rotatable bonds is 5. The zero-order valence-corrected chi connectivity index (χ0v) is 14.6. The molecule has 0 radical (unpaired) electrons. The standard InChI is InChI=1S/C17H17ClFN5O2/c1-2-15(25)21-11-3-4-12(19)13(9-11)22-16-14(10-20-17(18)23-16)24-5-7-26-8-6-24/h2-4,9-10H,1,5-8H2,(H,21,25)(H,20,22,23). The van der Waals surface area contributed by atoms with Crippen LogP contribution in [0.4, 0.5) is 27.3 Å². The first-order valence-electron chi connectivity index (χ1n) is 7.92. The van der Waals surface area contributed by atoms with Crippen LogP contribution in [0, 0.1) is 5.82 Å². The van der Waals surface area contributed by atoms with E-state index < -0.39 is 5.82 Å². The van der Waals surface area contributed by atoms with Gasteiger partial charge in [0, 0.05) is 18.8 Å². The van der Waals surface area contributed by atoms with Crippen molar-refractivity contribution in [2.75, 3.05) is 41.8 Å². The number of morpholine rings is 1. The maximum Gasteiger partial charge on any atom is 0.247 e. The third-order valence-electron chi connectivity index (χ3n) is 3.76. The molecule has 0 saturated carbocycles. The van der Waals surface area contributed by atoms with Gasteiger partial charge >= 0.3 is 0 Å². The lowest BCUT2D eigenvalue weighted by atomic mass is 10.2. The Bertz CT molecular complexity index is 827. The van der Waals surface area contributed by atoms with Crippen LogP contribution in [0.15, 0.2) is 37.1 Å². The lowest BCUT2D eigenvalue weighted by molar-refractivity contribution is -0.111. The summed E-state index contributed by atoms with van der Waals surface area (Å²) in [5.74, 6) is -0.510. The number of hydrogen-bond donors (Lipinski definition) is 2. The highest BCUT2D eigenvalue weighted by Crippen LogP contribution is 2.30. The molecule has 3 rings (SSSR count). The molecule has 0 aliphatic carbocycles. The Kier molecular flexibility index (Phi) is 5.65. The Morgan fingerprint density at radius 3 is 2.88 bits per heavy atom. The number of carbonyl (C=O) groups excluding carboxylic acids is 1. The Morgan fingerprint density at radius 2 is 2.15 bits per heavy atom. The zero-order valence-electron chi connectivity index (χ0n) is 13.8. The smallest absolute Gasteiger partial charge is 0.247 e. The van der Waals surface area contributed by atoms with E-state index in [4.69, 9.17) is 16.3 Å². The molecule has 1 aromatic heterocycles. The summed E-state index contributed by atoms with van der Waals surface area (Å²) in [7, 11) is 0. The second kappa shape index (κ2) is 8.11. The van der Waals surface area contributed by atoms with Crippen LogP contribution in [-0.4, -0.2) is 42.2 Å². The third-order valence-corrected chi connectivity index (χ3v) is 3.95. The Hall–Kier alpha value is -2.71. The average molecular weight is 378 g/mol. The van der Waals surface area contributed by atoms with E-state index in [1.54, 1.807) is 6.20 Å². The van der Waals surface area contributed by atoms with E-state index in [1.807, 2.05) is 4.90 Å². The van der Waals surface area contributed by atoms with Gasteiger partial charge in [0.25, 0.3) is 0 Å². The fourth-order valence-electron chi connectivity index (χ4n) is 2.50. The van der Waals surface area contributed by atoms with Gasteiger partial charge in [0.05, 0.1) is 30.8 Å². The van der Waals surface area contributed by atoms with Crippen molar-refractivity contribution in [3.05, 3.63) is 48.2 Å². The lowest BCUT2D eigenvalue weighted by Gasteiger charge is -2.29. The second-order valence-electron chi connectivity index (χ2n) is 5.49. The van der Waals surface area contributed by atoms with E-state index in [-0.39, 0.29) is 16.9 Å². The van der Waals surface area contributed by atoms with Gasteiger partial charge in [0.2, 0.25) is 11.2 Å². The van der Waals surface area contributed by atoms with E-state index in [0.717, 1.165) is 6.08 Å². The van der Waals surface area contributed by atoms with Crippen LogP contribution in [-0.2, 0) is 9.53 Å². The molecule has 1 aliphatic heterocycles. The monoisotopic (exact) mass is 377 g/mol. The van der Waals surface area contributed by atoms with Crippen molar-refractivity contribution < 1.29 is 13.9 Å². The fraction of sp³-hybridized carbons (Fsp3) is 0.235. The molecule has 9 heteroatoms. The summed E-state index contributed by atoms with van der Waals surface area (Å²) in [6.07, 6.45) is 2.72. The molecule has 136 valence electrons. The van der Waals surface area contributed by atoms with Gasteiger partial charge in [-0.2, -0.15) is 4.98 Å². The first-order chi connectivity index (χ1) is 12.6. The minimum Gasteiger partial charge on any atom is -0.378 e. The number of hydrogen-bond acceptors (Lipinski definition) is 6. The molecule has 2 aromatic rings. The maximum absolute atomic E-state index is 14.2. The van der Waals surface area contributed by atoms with Gasteiger partial charge in [-0.15, -0.1) is 0 Å². The van der Waals surface area contributed by atoms with Gasteiger partial charge < -0.3 is 20.3 Å². The second-order valence-corrected chi connectivity index (χ2v) is 5.82. The molecule has 2 N–H and O–H groups in total. The summed E-state index contributed by atoms with van der Waals surface area (Å²) < 4.78 is 19.6. The quantitative estimate of drug-likeness (QED) is 0.616. The molecule has 0 bridgehead atoms. The molecule has 0 atom stereocenters. The van der Waals surface area contributed by atoms with Gasteiger partial charge in [-0.05, 0) is 35.9 Å². The SMILES string of the molecule is C=CC(=O)Nc1ccc(F)c(Nc2nc(Cl)ncc2N2CCOCC2)c1. The Morgan fingerprint density at radius 1 is 1.38 bits per heavy atom. The van der Waals surface area contributed by atoms with Gasteiger partial charge in [-0.1, -0.05) is 6.58 Å². The highest BCUT2D eigenvalue weighted by Gasteiger charge is 2.18. The number of aromatic nitrogens is 2. The van der Waals surface area contributed by atoms with Crippen LogP contribution in [0.5, 0.6) is 0 Å². The number of nitrogens with one attached hydrogen (secondary N) is 2. The molecule has 7 nitrogen and oxygen atoms in total. The molecule has 0 unspecified atom stereocenters. The fourth-order valence-corrected chi connectivity index (χ4v) is 2.63. The van der Waals surface area contributed by atoms with Gasteiger partial charge in [-0.25, -0.2) is 9.37 Å². The number of amides is 1. The first-order valence-corrected chi connectivity index (χ1v) is 8.30. The number of nitrogens with zero attached hydrogens (tertiary/aromatic N) is 3. The number of anilines is 4. The van der Waals surface area contributed by atoms with Crippen LogP contribution < -0.4 is 15.5 Å². The van der Waals surface area contributed by atoms with E-state index in [1.165, 1.54) is 18.2 Å². The minimum atomic E-state index is -0.496. The van der Waals surface area contributed by atoms with Crippen LogP contribution in [0.2, 0.25) is 5.28 Å². The van der Waals surface area contributed by atoms with E-state index in [9.17, 15) is 9.18 Å². The first kappa shape index (κ1) is 18.1. The van der Waals surface area contributed by atoms with Crippen molar-refractivity contribution in [2.45, 2.75) is 0 Å². The van der Waals surface area contributed by atoms with Crippen LogP contribution in [0.25, 0.3) is 0 Å². The Labute approximate surface area is 154 Å². The predicted molar refractivity (Wildman–Crippen MR) is 98.6 cm³/mol. The van der Waals surface area contributed by atoms with Crippen molar-refractivity contribution in [1.82, 2.24) is 9.97 Å².